The van der Waals surface area contributed by atoms with Crippen LogP contribution in [0.5, 0.6) is 0 Å². The minimum atomic E-state index is -2.82. The Kier molecular flexibility index (Phi) is 5.47. The Morgan fingerprint density at radius 2 is 1.94 bits per heavy atom. The van der Waals surface area contributed by atoms with Gasteiger partial charge in [-0.1, -0.05) is 0 Å². The van der Waals surface area contributed by atoms with Gasteiger partial charge in [-0.25, -0.2) is 18.6 Å². The average molecular weight is 481 g/mol. The lowest BCUT2D eigenvalue weighted by Gasteiger charge is -2.23. The summed E-state index contributed by atoms with van der Waals surface area (Å²) in [6.45, 7) is 4.03. The number of methoxy groups -OCH3 is 1. The number of nitrogens with zero attached hydrogens (tertiary/aromatic N) is 3. The summed E-state index contributed by atoms with van der Waals surface area (Å²) >= 11 is 0. The zero-order valence-electron chi connectivity index (χ0n) is 19.7. The molecule has 0 spiro atoms. The number of imidazole rings is 1. The molecule has 7 nitrogen and oxygen atoms in total. The van der Waals surface area contributed by atoms with Crippen LogP contribution in [-0.4, -0.2) is 50.7 Å². The number of carboxylic acid groups (broad SMARTS) is 1. The van der Waals surface area contributed by atoms with Gasteiger partial charge in [0.2, 0.25) is 5.91 Å². The minimum absolute atomic E-state index is 0.134. The standard InChI is InChI=1S/C26H25F2N3O4/c1-14-17(25(33)34)5-7-22-23(14)29-24(30(22)10-11-35-3)16-4-6-20-18(12-16)19-13-26(27,28)9-8-21(19)31(20)15(2)32/h4-7,12H,8-11,13H2,1-3H3,(H,33,34). The monoisotopic (exact) mass is 481 g/mol. The molecule has 4 aromatic rings. The van der Waals surface area contributed by atoms with Crippen molar-refractivity contribution < 1.29 is 28.2 Å². The van der Waals surface area contributed by atoms with Gasteiger partial charge in [-0.05, 0) is 54.8 Å². The maximum absolute atomic E-state index is 14.4. The zero-order chi connectivity index (χ0) is 25.1. The third-order valence-corrected chi connectivity index (χ3v) is 6.84. The van der Waals surface area contributed by atoms with E-state index in [0.717, 1.165) is 5.52 Å². The van der Waals surface area contributed by atoms with Crippen molar-refractivity contribution >= 4 is 33.8 Å². The van der Waals surface area contributed by atoms with Gasteiger partial charge in [0.25, 0.3) is 5.92 Å². The first kappa shape index (κ1) is 23.2. The number of hydrogen-bond acceptors (Lipinski definition) is 4. The number of ether oxygens (including phenoxy) is 1. The number of hydrogen-bond donors (Lipinski definition) is 1. The summed E-state index contributed by atoms with van der Waals surface area (Å²) in [5, 5.41) is 10.1. The number of rotatable bonds is 5. The molecule has 0 atom stereocenters. The highest BCUT2D eigenvalue weighted by atomic mass is 19.3. The van der Waals surface area contributed by atoms with Crippen LogP contribution < -0.4 is 0 Å². The second-order valence-electron chi connectivity index (χ2n) is 9.04. The molecule has 0 amide bonds. The molecule has 1 aliphatic carbocycles. The first-order valence-electron chi connectivity index (χ1n) is 11.4. The lowest BCUT2D eigenvalue weighted by Crippen LogP contribution is -2.27. The van der Waals surface area contributed by atoms with Crippen LogP contribution in [0.1, 0.15) is 45.3 Å². The Labute approximate surface area is 199 Å². The van der Waals surface area contributed by atoms with Crippen molar-refractivity contribution in [2.45, 2.75) is 45.6 Å². The lowest BCUT2D eigenvalue weighted by atomic mass is 9.92. The third kappa shape index (κ3) is 3.70. The molecule has 182 valence electrons. The number of alkyl halides is 2. The molecule has 2 heterocycles. The third-order valence-electron chi connectivity index (χ3n) is 6.84. The van der Waals surface area contributed by atoms with E-state index in [4.69, 9.17) is 9.72 Å². The molecule has 2 aromatic heterocycles. The van der Waals surface area contributed by atoms with E-state index in [2.05, 4.69) is 0 Å². The lowest BCUT2D eigenvalue weighted by molar-refractivity contribution is -0.0125. The zero-order valence-corrected chi connectivity index (χ0v) is 19.7. The molecule has 2 aromatic carbocycles. The van der Waals surface area contributed by atoms with Crippen LogP contribution in [0.3, 0.4) is 0 Å². The molecule has 1 aliphatic rings. The molecular weight excluding hydrogens is 456 g/mol. The molecule has 1 N–H and O–H groups in total. The summed E-state index contributed by atoms with van der Waals surface area (Å²) in [6.07, 6.45) is -0.562. The van der Waals surface area contributed by atoms with Crippen LogP contribution in [0.25, 0.3) is 33.3 Å². The molecule has 5 rings (SSSR count). The normalized spacial score (nSPS) is 15.0. The number of benzene rings is 2. The minimum Gasteiger partial charge on any atom is -0.478 e. The van der Waals surface area contributed by atoms with Crippen molar-refractivity contribution in [2.24, 2.45) is 0 Å². The maximum atomic E-state index is 14.4. The fourth-order valence-corrected chi connectivity index (χ4v) is 5.20. The van der Waals surface area contributed by atoms with Crippen LogP contribution in [0.2, 0.25) is 0 Å². The van der Waals surface area contributed by atoms with E-state index >= 15 is 0 Å². The molecule has 0 fully saturated rings. The summed E-state index contributed by atoms with van der Waals surface area (Å²) in [5.41, 5.74) is 4.48. The second kappa shape index (κ2) is 8.27. The van der Waals surface area contributed by atoms with Gasteiger partial charge in [0.1, 0.15) is 5.82 Å². The van der Waals surface area contributed by atoms with Crippen molar-refractivity contribution in [3.8, 4) is 11.4 Å². The number of carbonyl (C=O) groups excluding carboxylic acids is 1. The van der Waals surface area contributed by atoms with Crippen molar-refractivity contribution in [1.82, 2.24) is 14.1 Å². The van der Waals surface area contributed by atoms with Crippen molar-refractivity contribution in [3.05, 3.63) is 52.7 Å². The van der Waals surface area contributed by atoms with E-state index in [1.54, 1.807) is 36.8 Å². The van der Waals surface area contributed by atoms with E-state index in [9.17, 15) is 23.5 Å². The molecular formula is C26H25F2N3O4. The molecule has 0 saturated heterocycles. The molecule has 0 saturated carbocycles. The highest BCUT2D eigenvalue weighted by Crippen LogP contribution is 2.40. The number of aromatic nitrogens is 3. The summed E-state index contributed by atoms with van der Waals surface area (Å²) in [5.74, 6) is -3.48. The van der Waals surface area contributed by atoms with Gasteiger partial charge in [-0.3, -0.25) is 9.36 Å². The Bertz CT molecular complexity index is 1520. The van der Waals surface area contributed by atoms with Gasteiger partial charge in [-0.2, -0.15) is 0 Å². The van der Waals surface area contributed by atoms with E-state index in [-0.39, 0.29) is 24.3 Å². The van der Waals surface area contributed by atoms with Crippen molar-refractivity contribution in [1.29, 1.82) is 0 Å². The summed E-state index contributed by atoms with van der Waals surface area (Å²) in [7, 11) is 1.59. The van der Waals surface area contributed by atoms with Gasteiger partial charge >= 0.3 is 5.97 Å². The van der Waals surface area contributed by atoms with Gasteiger partial charge in [0.15, 0.2) is 0 Å². The molecule has 0 bridgehead atoms. The Balaban J connectivity index is 1.76. The predicted octanol–water partition coefficient (Wildman–Crippen LogP) is 5.10. The summed E-state index contributed by atoms with van der Waals surface area (Å²) in [6, 6.07) is 8.70. The van der Waals surface area contributed by atoms with E-state index in [1.807, 2.05) is 16.7 Å². The second-order valence-corrected chi connectivity index (χ2v) is 9.04. The topological polar surface area (TPSA) is 86.4 Å². The Morgan fingerprint density at radius 1 is 1.20 bits per heavy atom. The number of halogens is 2. The quantitative estimate of drug-likeness (QED) is 0.429. The fourth-order valence-electron chi connectivity index (χ4n) is 5.20. The molecule has 0 aliphatic heterocycles. The molecule has 9 heteroatoms. The van der Waals surface area contributed by atoms with Gasteiger partial charge in [0, 0.05) is 50.1 Å². The van der Waals surface area contributed by atoms with Crippen LogP contribution in [0.4, 0.5) is 8.78 Å². The largest absolute Gasteiger partial charge is 0.478 e. The molecule has 35 heavy (non-hydrogen) atoms. The van der Waals surface area contributed by atoms with Gasteiger partial charge < -0.3 is 14.4 Å². The van der Waals surface area contributed by atoms with E-state index in [0.29, 0.717) is 57.8 Å². The van der Waals surface area contributed by atoms with Gasteiger partial charge in [-0.15, -0.1) is 0 Å². The van der Waals surface area contributed by atoms with Crippen LogP contribution in [-0.2, 0) is 24.1 Å². The van der Waals surface area contributed by atoms with Crippen LogP contribution in [0.15, 0.2) is 30.3 Å². The Hall–Kier alpha value is -3.59. The predicted molar refractivity (Wildman–Crippen MR) is 128 cm³/mol. The number of aromatic carboxylic acids is 1. The van der Waals surface area contributed by atoms with Crippen molar-refractivity contribution in [2.75, 3.05) is 13.7 Å². The summed E-state index contributed by atoms with van der Waals surface area (Å²) < 4.78 is 37.5. The molecule has 0 radical (unpaired) electrons. The Morgan fingerprint density at radius 3 is 2.63 bits per heavy atom. The highest BCUT2D eigenvalue weighted by molar-refractivity contribution is 5.99. The number of aryl methyl sites for hydroxylation is 1. The van der Waals surface area contributed by atoms with Gasteiger partial charge in [0.05, 0.1) is 28.7 Å². The highest BCUT2D eigenvalue weighted by Gasteiger charge is 2.38. The van der Waals surface area contributed by atoms with E-state index in [1.165, 1.54) is 6.92 Å². The SMILES string of the molecule is COCCn1c(-c2ccc3c(c2)c2c(n3C(C)=O)CCC(F)(F)C2)nc2c(C)c(C(=O)O)ccc21. The molecule has 0 unspecified atom stereocenters. The number of carboxylic acids is 1. The van der Waals surface area contributed by atoms with Crippen molar-refractivity contribution in [3.63, 3.8) is 0 Å². The first-order chi connectivity index (χ1) is 16.6. The van der Waals surface area contributed by atoms with Crippen LogP contribution in [0, 0.1) is 6.92 Å². The van der Waals surface area contributed by atoms with Crippen LogP contribution >= 0.6 is 0 Å². The summed E-state index contributed by atoms with van der Waals surface area (Å²) in [4.78, 5) is 28.9. The van der Waals surface area contributed by atoms with E-state index < -0.39 is 18.3 Å². The first-order valence-corrected chi connectivity index (χ1v) is 11.4. The smallest absolute Gasteiger partial charge is 0.336 e. The average Bonchev–Trinajstić information content (AvgIpc) is 3.32. The fraction of sp³-hybridized carbons (Fsp3) is 0.346. The maximum Gasteiger partial charge on any atom is 0.336 e. The number of carbonyl (C=O) groups is 2. The number of fused-ring (bicyclic) bond motifs is 4.